The van der Waals surface area contributed by atoms with Crippen LogP contribution in [0.4, 0.5) is 0 Å². The predicted octanol–water partition coefficient (Wildman–Crippen LogP) is 4.49. The highest BCUT2D eigenvalue weighted by Crippen LogP contribution is 2.21. The number of hydrogen-bond donors (Lipinski definition) is 1. The van der Waals surface area contributed by atoms with Crippen LogP contribution in [0.3, 0.4) is 0 Å². The zero-order valence-electron chi connectivity index (χ0n) is 10.4. The summed E-state index contributed by atoms with van der Waals surface area (Å²) in [5.74, 6) is -0.0652. The van der Waals surface area contributed by atoms with Crippen molar-refractivity contribution in [3.05, 3.63) is 32.4 Å². The van der Waals surface area contributed by atoms with Gasteiger partial charge in [-0.05, 0) is 52.6 Å². The van der Waals surface area contributed by atoms with Gasteiger partial charge in [-0.1, -0.05) is 41.4 Å². The summed E-state index contributed by atoms with van der Waals surface area (Å²) in [6, 6.07) is 5.34. The number of carbonyl (C=O) groups is 1. The van der Waals surface area contributed by atoms with E-state index in [-0.39, 0.29) is 11.3 Å². The first-order valence-electron chi connectivity index (χ1n) is 5.65. The average molecular weight is 445 g/mol. The van der Waals surface area contributed by atoms with Gasteiger partial charge in [-0.3, -0.25) is 4.79 Å². The predicted molar refractivity (Wildman–Crippen MR) is 88.7 cm³/mol. The van der Waals surface area contributed by atoms with Crippen LogP contribution in [-0.2, 0) is 0 Å². The van der Waals surface area contributed by atoms with Crippen molar-refractivity contribution in [3.8, 4) is 0 Å². The zero-order valence-corrected chi connectivity index (χ0v) is 14.9. The molecule has 0 atom stereocenters. The van der Waals surface area contributed by atoms with Crippen LogP contribution in [0.5, 0.6) is 0 Å². The normalized spacial score (nSPS) is 11.4. The molecule has 1 N–H and O–H groups in total. The Balaban J connectivity index is 2.69. The first kappa shape index (κ1) is 16.2. The Hall–Kier alpha value is 0.190. The Labute approximate surface area is 135 Å². The summed E-state index contributed by atoms with van der Waals surface area (Å²) in [5, 5.41) is 4.49. The third-order valence-corrected chi connectivity index (χ3v) is 4.24. The highest BCUT2D eigenvalue weighted by atomic mass is 127. The SMILES string of the molecule is CC(C)(CCBr)CNC(=O)c1cc(Cl)ccc1I. The van der Waals surface area contributed by atoms with Gasteiger partial charge in [0.2, 0.25) is 0 Å². The molecule has 0 aliphatic heterocycles. The molecule has 2 nitrogen and oxygen atoms in total. The minimum atomic E-state index is -0.0652. The largest absolute Gasteiger partial charge is 0.351 e. The molecule has 18 heavy (non-hydrogen) atoms. The van der Waals surface area contributed by atoms with Gasteiger partial charge in [0.15, 0.2) is 0 Å². The Bertz CT molecular complexity index is 437. The molecule has 1 aromatic rings. The quantitative estimate of drug-likeness (QED) is 0.526. The molecule has 0 heterocycles. The lowest BCUT2D eigenvalue weighted by molar-refractivity contribution is 0.0935. The number of rotatable bonds is 5. The van der Waals surface area contributed by atoms with Crippen LogP contribution >= 0.6 is 50.1 Å². The van der Waals surface area contributed by atoms with Crippen LogP contribution in [0.1, 0.15) is 30.6 Å². The van der Waals surface area contributed by atoms with Crippen molar-refractivity contribution in [3.63, 3.8) is 0 Å². The van der Waals surface area contributed by atoms with E-state index in [1.807, 2.05) is 6.07 Å². The van der Waals surface area contributed by atoms with Crippen LogP contribution in [0.25, 0.3) is 0 Å². The third kappa shape index (κ3) is 5.05. The summed E-state index contributed by atoms with van der Waals surface area (Å²) in [7, 11) is 0. The Morgan fingerprint density at radius 2 is 2.17 bits per heavy atom. The molecule has 1 rings (SSSR count). The highest BCUT2D eigenvalue weighted by molar-refractivity contribution is 14.1. The average Bonchev–Trinajstić information content (AvgIpc) is 2.29. The zero-order chi connectivity index (χ0) is 13.8. The second-order valence-electron chi connectivity index (χ2n) is 4.91. The molecular formula is C13H16BrClINO. The molecule has 1 aromatic carbocycles. The van der Waals surface area contributed by atoms with Gasteiger partial charge in [-0.2, -0.15) is 0 Å². The molecule has 0 spiro atoms. The number of amides is 1. The number of benzene rings is 1. The van der Waals surface area contributed by atoms with E-state index in [0.29, 0.717) is 17.1 Å². The van der Waals surface area contributed by atoms with E-state index in [1.54, 1.807) is 12.1 Å². The van der Waals surface area contributed by atoms with Crippen LogP contribution in [0, 0.1) is 8.99 Å². The van der Waals surface area contributed by atoms with Gasteiger partial charge in [0.05, 0.1) is 5.56 Å². The summed E-state index contributed by atoms with van der Waals surface area (Å²) in [6.45, 7) is 4.93. The standard InChI is InChI=1S/C13H16BrClINO/c1-13(2,5-6-14)8-17-12(18)10-7-9(15)3-4-11(10)16/h3-4,7H,5-6,8H2,1-2H3,(H,17,18). The van der Waals surface area contributed by atoms with Crippen LogP contribution in [0.2, 0.25) is 5.02 Å². The van der Waals surface area contributed by atoms with Crippen LogP contribution < -0.4 is 5.32 Å². The van der Waals surface area contributed by atoms with Gasteiger partial charge < -0.3 is 5.32 Å². The second kappa shape index (κ2) is 7.10. The molecule has 1 amide bonds. The minimum Gasteiger partial charge on any atom is -0.351 e. The van der Waals surface area contributed by atoms with E-state index >= 15 is 0 Å². The van der Waals surface area contributed by atoms with Crippen molar-refractivity contribution in [2.45, 2.75) is 20.3 Å². The number of halogens is 3. The maximum atomic E-state index is 12.1. The van der Waals surface area contributed by atoms with E-state index in [2.05, 4.69) is 57.7 Å². The van der Waals surface area contributed by atoms with E-state index in [4.69, 9.17) is 11.6 Å². The van der Waals surface area contributed by atoms with Crippen molar-refractivity contribution in [1.82, 2.24) is 5.32 Å². The maximum absolute atomic E-state index is 12.1. The molecule has 0 saturated carbocycles. The molecule has 0 aliphatic carbocycles. The molecule has 0 saturated heterocycles. The molecule has 0 aromatic heterocycles. The smallest absolute Gasteiger partial charge is 0.252 e. The van der Waals surface area contributed by atoms with E-state index in [9.17, 15) is 4.79 Å². The fourth-order valence-corrected chi connectivity index (χ4v) is 3.26. The summed E-state index contributed by atoms with van der Waals surface area (Å²) in [5.41, 5.74) is 0.723. The first-order chi connectivity index (χ1) is 8.35. The molecule has 0 aliphatic rings. The fourth-order valence-electron chi connectivity index (χ4n) is 1.43. The molecule has 0 unspecified atom stereocenters. The number of carbonyl (C=O) groups excluding carboxylic acids is 1. The van der Waals surface area contributed by atoms with Crippen molar-refractivity contribution in [2.75, 3.05) is 11.9 Å². The van der Waals surface area contributed by atoms with E-state index in [0.717, 1.165) is 15.3 Å². The van der Waals surface area contributed by atoms with Crippen molar-refractivity contribution < 1.29 is 4.79 Å². The molecule has 0 radical (unpaired) electrons. The highest BCUT2D eigenvalue weighted by Gasteiger charge is 2.19. The Morgan fingerprint density at radius 3 is 2.78 bits per heavy atom. The fraction of sp³-hybridized carbons (Fsp3) is 0.462. The van der Waals surface area contributed by atoms with Gasteiger partial charge in [0.25, 0.3) is 5.91 Å². The lowest BCUT2D eigenvalue weighted by atomic mass is 9.90. The number of hydrogen-bond acceptors (Lipinski definition) is 1. The van der Waals surface area contributed by atoms with Crippen molar-refractivity contribution in [1.29, 1.82) is 0 Å². The topological polar surface area (TPSA) is 29.1 Å². The van der Waals surface area contributed by atoms with Gasteiger partial charge in [-0.25, -0.2) is 0 Å². The molecule has 0 bridgehead atoms. The van der Waals surface area contributed by atoms with Gasteiger partial charge in [0, 0.05) is 20.5 Å². The first-order valence-corrected chi connectivity index (χ1v) is 8.23. The monoisotopic (exact) mass is 443 g/mol. The summed E-state index contributed by atoms with van der Waals surface area (Å²) >= 11 is 11.5. The summed E-state index contributed by atoms with van der Waals surface area (Å²) in [6.07, 6.45) is 1.01. The third-order valence-electron chi connectivity index (χ3n) is 2.67. The molecular weight excluding hydrogens is 428 g/mol. The minimum absolute atomic E-state index is 0.0652. The van der Waals surface area contributed by atoms with E-state index < -0.39 is 0 Å². The molecule has 0 fully saturated rings. The van der Waals surface area contributed by atoms with Crippen LogP contribution in [-0.4, -0.2) is 17.8 Å². The maximum Gasteiger partial charge on any atom is 0.252 e. The van der Waals surface area contributed by atoms with Gasteiger partial charge in [0.1, 0.15) is 0 Å². The number of alkyl halides is 1. The van der Waals surface area contributed by atoms with Crippen molar-refractivity contribution in [2.24, 2.45) is 5.41 Å². The van der Waals surface area contributed by atoms with Gasteiger partial charge >= 0.3 is 0 Å². The summed E-state index contributed by atoms with van der Waals surface area (Å²) < 4.78 is 0.910. The lowest BCUT2D eigenvalue weighted by Gasteiger charge is -2.24. The molecule has 5 heteroatoms. The Morgan fingerprint density at radius 1 is 1.50 bits per heavy atom. The number of nitrogens with one attached hydrogen (secondary N) is 1. The Kier molecular flexibility index (Phi) is 6.41. The van der Waals surface area contributed by atoms with E-state index in [1.165, 1.54) is 0 Å². The summed E-state index contributed by atoms with van der Waals surface area (Å²) in [4.78, 5) is 12.1. The lowest BCUT2D eigenvalue weighted by Crippen LogP contribution is -2.34. The van der Waals surface area contributed by atoms with Gasteiger partial charge in [-0.15, -0.1) is 0 Å². The van der Waals surface area contributed by atoms with Crippen LogP contribution in [0.15, 0.2) is 18.2 Å². The second-order valence-corrected chi connectivity index (χ2v) is 7.30. The molecule has 100 valence electrons. The van der Waals surface area contributed by atoms with Crippen molar-refractivity contribution >= 4 is 56.0 Å².